The topological polar surface area (TPSA) is 72.5 Å². The SMILES string of the molecule is CSC1=C(SC)C(=O)C2C(O[Si](C)(C)C(C)(C)C)NC(=O)CC2C1=O. The molecule has 0 spiro atoms. The van der Waals surface area contributed by atoms with Crippen molar-refractivity contribution in [3.05, 3.63) is 9.81 Å². The van der Waals surface area contributed by atoms with Crippen LogP contribution >= 0.6 is 23.5 Å². The number of fused-ring (bicyclic) bond motifs is 1. The molecule has 0 bridgehead atoms. The Hall–Kier alpha value is -0.573. The van der Waals surface area contributed by atoms with Crippen molar-refractivity contribution in [2.24, 2.45) is 11.8 Å². The third-order valence-corrected chi connectivity index (χ3v) is 11.6. The zero-order valence-electron chi connectivity index (χ0n) is 15.9. The normalized spacial score (nSPS) is 28.1. The minimum absolute atomic E-state index is 0.0539. The van der Waals surface area contributed by atoms with Crippen molar-refractivity contribution in [3.63, 3.8) is 0 Å². The number of Topliss-reactive ketones (excluding diaryl/α,β-unsaturated/α-hetero) is 2. The minimum Gasteiger partial charge on any atom is -0.396 e. The molecule has 2 aliphatic rings. The molecule has 1 saturated heterocycles. The molecule has 5 nitrogen and oxygen atoms in total. The Bertz CT molecular complexity index is 639. The molecule has 0 radical (unpaired) electrons. The van der Waals surface area contributed by atoms with Crippen LogP contribution in [0, 0.1) is 11.8 Å². The average Bonchev–Trinajstić information content (AvgIpc) is 2.48. The van der Waals surface area contributed by atoms with Gasteiger partial charge >= 0.3 is 0 Å². The van der Waals surface area contributed by atoms with E-state index in [-0.39, 0.29) is 28.9 Å². The van der Waals surface area contributed by atoms with E-state index in [1.54, 1.807) is 6.26 Å². The number of ketones is 2. The van der Waals surface area contributed by atoms with Gasteiger partial charge in [-0.2, -0.15) is 0 Å². The second kappa shape index (κ2) is 7.21. The van der Waals surface area contributed by atoms with E-state index in [1.165, 1.54) is 23.5 Å². The molecular weight excluding hydrogens is 374 g/mol. The summed E-state index contributed by atoms with van der Waals surface area (Å²) in [4.78, 5) is 39.2. The second-order valence-electron chi connectivity index (χ2n) is 8.00. The van der Waals surface area contributed by atoms with Crippen molar-refractivity contribution >= 4 is 49.3 Å². The maximum Gasteiger partial charge on any atom is 0.222 e. The third-order valence-electron chi connectivity index (χ3n) is 5.40. The Morgan fingerprint density at radius 2 is 1.56 bits per heavy atom. The first-order chi connectivity index (χ1) is 11.4. The number of allylic oxidation sites excluding steroid dienone is 2. The maximum absolute atomic E-state index is 13.1. The van der Waals surface area contributed by atoms with Crippen molar-refractivity contribution in [3.8, 4) is 0 Å². The minimum atomic E-state index is -2.21. The summed E-state index contributed by atoms with van der Waals surface area (Å²) in [6.07, 6.45) is 2.93. The van der Waals surface area contributed by atoms with Crippen LogP contribution in [0.3, 0.4) is 0 Å². The van der Waals surface area contributed by atoms with E-state index in [0.29, 0.717) is 9.81 Å². The zero-order valence-corrected chi connectivity index (χ0v) is 18.5. The fraction of sp³-hybridized carbons (Fsp3) is 0.706. The lowest BCUT2D eigenvalue weighted by molar-refractivity contribution is -0.145. The lowest BCUT2D eigenvalue weighted by Crippen LogP contribution is -2.60. The lowest BCUT2D eigenvalue weighted by atomic mass is 9.75. The van der Waals surface area contributed by atoms with E-state index in [1.807, 2.05) is 6.26 Å². The molecule has 1 aliphatic carbocycles. The summed E-state index contributed by atoms with van der Waals surface area (Å²) in [7, 11) is -2.21. The number of nitrogens with one attached hydrogen (secondary N) is 1. The number of carbonyl (C=O) groups excluding carboxylic acids is 3. The van der Waals surface area contributed by atoms with Gasteiger partial charge in [-0.15, -0.1) is 23.5 Å². The van der Waals surface area contributed by atoms with Gasteiger partial charge in [0.05, 0.1) is 15.7 Å². The molecule has 0 aromatic carbocycles. The summed E-state index contributed by atoms with van der Waals surface area (Å²) >= 11 is 2.59. The Labute approximate surface area is 159 Å². The molecule has 8 heteroatoms. The summed E-state index contributed by atoms with van der Waals surface area (Å²) in [5, 5.41) is 2.77. The maximum atomic E-state index is 13.1. The van der Waals surface area contributed by atoms with Crippen molar-refractivity contribution in [2.45, 2.75) is 51.6 Å². The Balaban J connectivity index is 2.45. The van der Waals surface area contributed by atoms with Crippen molar-refractivity contribution < 1.29 is 18.8 Å². The van der Waals surface area contributed by atoms with Crippen LogP contribution in [-0.4, -0.2) is 44.5 Å². The first kappa shape index (κ1) is 20.7. The Kier molecular flexibility index (Phi) is 5.98. The first-order valence-corrected chi connectivity index (χ1v) is 13.7. The van der Waals surface area contributed by atoms with Crippen LogP contribution in [0.4, 0.5) is 0 Å². The van der Waals surface area contributed by atoms with Gasteiger partial charge in [-0.25, -0.2) is 0 Å². The van der Waals surface area contributed by atoms with Gasteiger partial charge in [0, 0.05) is 12.3 Å². The van der Waals surface area contributed by atoms with Crippen LogP contribution in [0.25, 0.3) is 0 Å². The molecule has 1 heterocycles. The van der Waals surface area contributed by atoms with Crippen LogP contribution in [0.15, 0.2) is 9.81 Å². The molecule has 2 rings (SSSR count). The van der Waals surface area contributed by atoms with Crippen LogP contribution in [-0.2, 0) is 18.8 Å². The predicted molar refractivity (Wildman–Crippen MR) is 106 cm³/mol. The predicted octanol–water partition coefficient (Wildman–Crippen LogP) is 3.18. The molecule has 1 N–H and O–H groups in total. The molecule has 1 amide bonds. The number of hydrogen-bond donors (Lipinski definition) is 1. The van der Waals surface area contributed by atoms with Gasteiger partial charge in [0.15, 0.2) is 19.9 Å². The van der Waals surface area contributed by atoms with E-state index in [4.69, 9.17) is 4.43 Å². The molecule has 1 fully saturated rings. The zero-order chi connectivity index (χ0) is 19.2. The van der Waals surface area contributed by atoms with E-state index in [0.717, 1.165) is 0 Å². The molecule has 25 heavy (non-hydrogen) atoms. The van der Waals surface area contributed by atoms with Crippen molar-refractivity contribution in [1.82, 2.24) is 5.32 Å². The standard InChI is InChI=1S/C17H27NO4S2Si/c1-17(2,3)25(6,7)22-16-11-9(8-10(19)18-16)12(20)14(23-4)15(24-5)13(11)21/h9,11,16H,8H2,1-7H3,(H,18,19). The Morgan fingerprint density at radius 1 is 1.04 bits per heavy atom. The van der Waals surface area contributed by atoms with Gasteiger partial charge in [0.25, 0.3) is 0 Å². The van der Waals surface area contributed by atoms with Crippen LogP contribution in [0.2, 0.25) is 18.1 Å². The largest absolute Gasteiger partial charge is 0.396 e. The molecule has 140 valence electrons. The van der Waals surface area contributed by atoms with Gasteiger partial charge in [-0.3, -0.25) is 14.4 Å². The summed E-state index contributed by atoms with van der Waals surface area (Å²) in [5.41, 5.74) is 0. The van der Waals surface area contributed by atoms with E-state index < -0.39 is 26.4 Å². The monoisotopic (exact) mass is 401 g/mol. The van der Waals surface area contributed by atoms with E-state index in [2.05, 4.69) is 39.2 Å². The van der Waals surface area contributed by atoms with Gasteiger partial charge in [0.2, 0.25) is 5.91 Å². The Morgan fingerprint density at radius 3 is 2.04 bits per heavy atom. The fourth-order valence-electron chi connectivity index (χ4n) is 2.95. The molecule has 3 unspecified atom stereocenters. The van der Waals surface area contributed by atoms with Gasteiger partial charge in [-0.05, 0) is 30.6 Å². The van der Waals surface area contributed by atoms with Crippen molar-refractivity contribution in [1.29, 1.82) is 0 Å². The first-order valence-electron chi connectivity index (χ1n) is 8.32. The highest BCUT2D eigenvalue weighted by atomic mass is 32.2. The lowest BCUT2D eigenvalue weighted by Gasteiger charge is -2.45. The van der Waals surface area contributed by atoms with Gasteiger partial charge in [-0.1, -0.05) is 20.8 Å². The number of carbonyl (C=O) groups is 3. The molecule has 1 aliphatic heterocycles. The van der Waals surface area contributed by atoms with Gasteiger partial charge in [0.1, 0.15) is 6.23 Å². The summed E-state index contributed by atoms with van der Waals surface area (Å²) in [5.74, 6) is -1.64. The van der Waals surface area contributed by atoms with Crippen LogP contribution in [0.1, 0.15) is 27.2 Å². The molecule has 3 atom stereocenters. The number of piperidine rings is 1. The number of amides is 1. The summed E-state index contributed by atoms with van der Waals surface area (Å²) in [6, 6.07) is 0. The number of thioether (sulfide) groups is 2. The average molecular weight is 402 g/mol. The van der Waals surface area contributed by atoms with Crippen molar-refractivity contribution in [2.75, 3.05) is 12.5 Å². The molecule has 0 aromatic heterocycles. The molecule has 0 saturated carbocycles. The number of hydrogen-bond acceptors (Lipinski definition) is 6. The quantitative estimate of drug-likeness (QED) is 0.730. The van der Waals surface area contributed by atoms with E-state index in [9.17, 15) is 14.4 Å². The smallest absolute Gasteiger partial charge is 0.222 e. The summed E-state index contributed by atoms with van der Waals surface area (Å²) in [6.45, 7) is 10.5. The highest BCUT2D eigenvalue weighted by Crippen LogP contribution is 2.44. The van der Waals surface area contributed by atoms with Crippen LogP contribution < -0.4 is 5.32 Å². The molecule has 0 aromatic rings. The highest BCUT2D eigenvalue weighted by Gasteiger charge is 2.53. The summed E-state index contributed by atoms with van der Waals surface area (Å²) < 4.78 is 6.36. The van der Waals surface area contributed by atoms with E-state index >= 15 is 0 Å². The third kappa shape index (κ3) is 3.77. The van der Waals surface area contributed by atoms with Gasteiger partial charge < -0.3 is 9.74 Å². The van der Waals surface area contributed by atoms with Crippen LogP contribution in [0.5, 0.6) is 0 Å². The fourth-order valence-corrected chi connectivity index (χ4v) is 5.90. The highest BCUT2D eigenvalue weighted by molar-refractivity contribution is 8.07. The second-order valence-corrected chi connectivity index (χ2v) is 14.4. The molecular formula is C17H27NO4S2Si. The number of rotatable bonds is 4.